The van der Waals surface area contributed by atoms with Crippen molar-refractivity contribution in [2.75, 3.05) is 0 Å². The van der Waals surface area contributed by atoms with E-state index >= 15 is 0 Å². The predicted molar refractivity (Wildman–Crippen MR) is 334 cm³/mol. The van der Waals surface area contributed by atoms with Gasteiger partial charge < -0.3 is 14.5 Å². The number of hydrogen-bond donors (Lipinski definition) is 3. The third-order valence-electron chi connectivity index (χ3n) is 17.6. The van der Waals surface area contributed by atoms with Gasteiger partial charge in [0.1, 0.15) is 0 Å². The Hall–Kier alpha value is -0.240. The lowest BCUT2D eigenvalue weighted by Gasteiger charge is -2.31. The zero-order chi connectivity index (χ0) is 54.3. The molecule has 0 aliphatic rings. The quantitative estimate of drug-likeness (QED) is 0.0414. The molecule has 3 atom stereocenters. The fourth-order valence-electron chi connectivity index (χ4n) is 12.3. The first-order valence-electron chi connectivity index (χ1n) is 35.2. The highest BCUT2D eigenvalue weighted by Crippen LogP contribution is 2.30. The minimum Gasteiger partial charge on any atom is -0.301 e. The van der Waals surface area contributed by atoms with Crippen LogP contribution in [0.5, 0.6) is 0 Å². The van der Waals surface area contributed by atoms with Gasteiger partial charge in [-0.15, -0.1) is 0 Å². The van der Waals surface area contributed by atoms with Crippen molar-refractivity contribution in [3.63, 3.8) is 0 Å². The van der Waals surface area contributed by atoms with Crippen LogP contribution in [0, 0.1) is 5.92 Å². The molecule has 452 valence electrons. The van der Waals surface area contributed by atoms with Gasteiger partial charge in [-0.25, -0.2) is 17.7 Å². The summed E-state index contributed by atoms with van der Waals surface area (Å²) >= 11 is 0. The van der Waals surface area contributed by atoms with E-state index in [1.54, 1.807) is 0 Å². The molecule has 6 nitrogen and oxygen atoms in total. The molecular formula is C69H143N3O3. The first kappa shape index (κ1) is 74.8. The molecule has 0 amide bonds. The monoisotopic (exact) mass is 1060 g/mol. The van der Waals surface area contributed by atoms with Crippen LogP contribution in [-0.2, 0) is 14.5 Å². The summed E-state index contributed by atoms with van der Waals surface area (Å²) in [5.74, 6) is 18.5. The molecule has 0 aromatic heterocycles. The van der Waals surface area contributed by atoms with E-state index in [9.17, 15) is 0 Å². The molecule has 0 spiro atoms. The fraction of sp³-hybridized carbons (Fsp3) is 1.00. The number of unbranched alkanes of at least 4 members (excludes halogenated alkanes) is 54. The summed E-state index contributed by atoms with van der Waals surface area (Å²) in [5, 5.41) is 0. The molecule has 0 aromatic carbocycles. The van der Waals surface area contributed by atoms with Crippen LogP contribution in [0.3, 0.4) is 0 Å². The largest absolute Gasteiger partial charge is 0.301 e. The summed E-state index contributed by atoms with van der Waals surface area (Å²) in [6.45, 7) is 6.92. The average Bonchev–Trinajstić information content (AvgIpc) is 3.42. The lowest BCUT2D eigenvalue weighted by atomic mass is 9.85. The van der Waals surface area contributed by atoms with E-state index in [1.165, 1.54) is 347 Å². The van der Waals surface area contributed by atoms with E-state index in [0.29, 0.717) is 0 Å². The van der Waals surface area contributed by atoms with E-state index in [2.05, 4.69) is 20.8 Å². The molecule has 3 unspecified atom stereocenters. The van der Waals surface area contributed by atoms with Crippen molar-refractivity contribution in [1.29, 1.82) is 0 Å². The van der Waals surface area contributed by atoms with E-state index in [0.717, 1.165) is 51.4 Å². The Kier molecular flexibility index (Phi) is 66.1. The lowest BCUT2D eigenvalue weighted by Crippen LogP contribution is -2.35. The van der Waals surface area contributed by atoms with Crippen LogP contribution in [0.1, 0.15) is 419 Å². The zero-order valence-corrected chi connectivity index (χ0v) is 52.1. The minimum atomic E-state index is -0.0266. The maximum absolute atomic E-state index is 6.15. The van der Waals surface area contributed by atoms with Gasteiger partial charge in [-0.3, -0.25) is 0 Å². The molecule has 0 saturated heterocycles. The van der Waals surface area contributed by atoms with Crippen LogP contribution < -0.4 is 17.7 Å². The van der Waals surface area contributed by atoms with Gasteiger partial charge in [0.05, 0.1) is 18.3 Å². The molecular weight excluding hydrogens is 919 g/mol. The Morgan fingerprint density at radius 1 is 0.200 bits per heavy atom. The van der Waals surface area contributed by atoms with E-state index in [4.69, 9.17) is 32.2 Å². The third-order valence-corrected chi connectivity index (χ3v) is 17.6. The Labute approximate surface area is 473 Å². The van der Waals surface area contributed by atoms with Gasteiger partial charge in [0, 0.05) is 0 Å². The first-order valence-corrected chi connectivity index (χ1v) is 35.2. The van der Waals surface area contributed by atoms with Crippen LogP contribution >= 0.6 is 0 Å². The molecule has 0 heterocycles. The number of hydrogen-bond acceptors (Lipinski definition) is 6. The van der Waals surface area contributed by atoms with Crippen molar-refractivity contribution in [2.45, 2.75) is 437 Å². The van der Waals surface area contributed by atoms with Crippen molar-refractivity contribution in [3.05, 3.63) is 0 Å². The Morgan fingerprint density at radius 3 is 0.520 bits per heavy atom. The van der Waals surface area contributed by atoms with Crippen molar-refractivity contribution < 1.29 is 14.5 Å². The predicted octanol–water partition coefficient (Wildman–Crippen LogP) is 23.6. The van der Waals surface area contributed by atoms with Crippen molar-refractivity contribution in [1.82, 2.24) is 0 Å². The fourth-order valence-corrected chi connectivity index (χ4v) is 12.3. The molecule has 75 heavy (non-hydrogen) atoms. The molecule has 0 bridgehead atoms. The molecule has 0 rings (SSSR count). The molecule has 0 saturated carbocycles. The summed E-state index contributed by atoms with van der Waals surface area (Å²) in [7, 11) is 0. The van der Waals surface area contributed by atoms with Crippen LogP contribution in [0.15, 0.2) is 0 Å². The Morgan fingerprint density at radius 2 is 0.360 bits per heavy atom. The summed E-state index contributed by atoms with van der Waals surface area (Å²) < 4.78 is 0. The molecule has 0 aliphatic carbocycles. The molecule has 0 radical (unpaired) electrons. The van der Waals surface area contributed by atoms with Gasteiger partial charge in [0.2, 0.25) is 0 Å². The Balaban J connectivity index is 4.57. The topological polar surface area (TPSA) is 106 Å². The highest BCUT2D eigenvalue weighted by molar-refractivity contribution is 4.78. The maximum atomic E-state index is 6.15. The maximum Gasteiger partial charge on any atom is 0.0817 e. The van der Waals surface area contributed by atoms with Crippen LogP contribution in [0.4, 0.5) is 0 Å². The molecule has 0 aliphatic heterocycles. The lowest BCUT2D eigenvalue weighted by molar-refractivity contribution is -0.0561. The smallest absolute Gasteiger partial charge is 0.0817 e. The van der Waals surface area contributed by atoms with Gasteiger partial charge in [-0.05, 0) is 38.0 Å². The SMILES string of the molecule is CCCCCCCCCCCCCCCCCCCCCC(CC(CC(CCCCCCCCCCCCCCCCCCCCC)ON)C(CCCCCCCCCCCCCCCCCCCCC)ON)ON. The van der Waals surface area contributed by atoms with Gasteiger partial charge in [-0.1, -0.05) is 387 Å². The summed E-state index contributed by atoms with van der Waals surface area (Å²) in [5.41, 5.74) is 0. The van der Waals surface area contributed by atoms with Gasteiger partial charge >= 0.3 is 0 Å². The number of nitrogens with two attached hydrogens (primary N) is 3. The summed E-state index contributed by atoms with van der Waals surface area (Å²) in [6, 6.07) is 0. The first-order chi connectivity index (χ1) is 37.2. The number of rotatable bonds is 68. The highest BCUT2D eigenvalue weighted by atomic mass is 16.6. The zero-order valence-electron chi connectivity index (χ0n) is 52.1. The van der Waals surface area contributed by atoms with Gasteiger partial charge in [-0.2, -0.15) is 0 Å². The van der Waals surface area contributed by atoms with E-state index < -0.39 is 0 Å². The molecule has 0 fully saturated rings. The third kappa shape index (κ3) is 58.2. The standard InChI is InChI=1S/C69H143N3O3/c1-4-7-10-13-16-19-22-25-28-31-34-37-40-43-46-49-52-55-58-61-67(73-70)64-66(69(75-72)63-60-57-54-51-48-45-42-39-36-33-30-27-24-21-18-15-12-9-6-3)65-68(74-71)62-59-56-53-50-47-44-41-38-35-32-29-26-23-20-17-14-11-8-5-2/h66-69H,4-65,70-72H2,1-3H3. The van der Waals surface area contributed by atoms with Crippen LogP contribution in [0.2, 0.25) is 0 Å². The second-order valence-electron chi connectivity index (χ2n) is 24.9. The van der Waals surface area contributed by atoms with Crippen molar-refractivity contribution >= 4 is 0 Å². The van der Waals surface area contributed by atoms with Crippen molar-refractivity contribution in [2.24, 2.45) is 23.6 Å². The minimum absolute atomic E-state index is 0.0110. The second-order valence-corrected chi connectivity index (χ2v) is 24.9. The van der Waals surface area contributed by atoms with E-state index in [-0.39, 0.29) is 24.2 Å². The van der Waals surface area contributed by atoms with Crippen LogP contribution in [-0.4, -0.2) is 18.3 Å². The van der Waals surface area contributed by atoms with E-state index in [1.807, 2.05) is 0 Å². The van der Waals surface area contributed by atoms with Gasteiger partial charge in [0.15, 0.2) is 0 Å². The molecule has 6 heteroatoms. The van der Waals surface area contributed by atoms with Crippen molar-refractivity contribution in [3.8, 4) is 0 Å². The second kappa shape index (κ2) is 66.3. The molecule has 0 aromatic rings. The normalized spacial score (nSPS) is 13.5. The summed E-state index contributed by atoms with van der Waals surface area (Å²) in [6.07, 6.45) is 84.2. The summed E-state index contributed by atoms with van der Waals surface area (Å²) in [4.78, 5) is 17.3. The average molecular weight is 1060 g/mol. The Bertz CT molecular complexity index is 949. The molecule has 6 N–H and O–H groups in total. The highest BCUT2D eigenvalue weighted by Gasteiger charge is 2.29. The van der Waals surface area contributed by atoms with Gasteiger partial charge in [0.25, 0.3) is 0 Å². The van der Waals surface area contributed by atoms with Crippen LogP contribution in [0.25, 0.3) is 0 Å².